The Balaban J connectivity index is 1.73. The van der Waals surface area contributed by atoms with E-state index in [-0.39, 0.29) is 22.7 Å². The van der Waals surface area contributed by atoms with Crippen LogP contribution in [0.3, 0.4) is 0 Å². The van der Waals surface area contributed by atoms with Crippen LogP contribution in [-0.2, 0) is 4.74 Å². The van der Waals surface area contributed by atoms with E-state index in [4.69, 9.17) is 14.5 Å². The molecule has 0 aliphatic carbocycles. The second-order valence-electron chi connectivity index (χ2n) is 7.85. The molecule has 160 valence electrons. The van der Waals surface area contributed by atoms with E-state index in [1.807, 2.05) is 0 Å². The number of non-ortho nitro benzene ring substituents is 1. The number of nitrogens with zero attached hydrogens (tertiary/aromatic N) is 4. The molecule has 1 aromatic heterocycles. The first kappa shape index (κ1) is 19.7. The van der Waals surface area contributed by atoms with Crippen LogP contribution in [0.4, 0.5) is 5.69 Å². The zero-order valence-corrected chi connectivity index (χ0v) is 17.1. The van der Waals surface area contributed by atoms with Gasteiger partial charge in [0.1, 0.15) is 11.6 Å². The van der Waals surface area contributed by atoms with Gasteiger partial charge < -0.3 is 9.47 Å². The minimum Gasteiger partial charge on any atom is -0.497 e. The van der Waals surface area contributed by atoms with Gasteiger partial charge in [-0.25, -0.2) is 4.98 Å². The molecule has 2 aliphatic rings. The van der Waals surface area contributed by atoms with Crippen molar-refractivity contribution in [2.24, 2.45) is 0 Å². The largest absolute Gasteiger partial charge is 0.497 e. The predicted octanol–water partition coefficient (Wildman–Crippen LogP) is 2.84. The third-order valence-electron chi connectivity index (χ3n) is 6.10. The van der Waals surface area contributed by atoms with E-state index in [1.54, 1.807) is 42.0 Å². The van der Waals surface area contributed by atoms with Crippen molar-refractivity contribution in [1.82, 2.24) is 14.5 Å². The van der Waals surface area contributed by atoms with Gasteiger partial charge in [0.25, 0.3) is 11.2 Å². The standard InChI is InChI=1S/C22H22N4O5/c1-30-17-7-4-14(5-8-17)25-21(20-3-2-10-24(20)16-12-31-13-16)23-19-9-6-15(26(28)29)11-18(19)22(25)27/h4-9,11,16,20H,2-3,10,12-13H2,1H3/t20-/m1/s1. The number of nitro benzene ring substituents is 1. The summed E-state index contributed by atoms with van der Waals surface area (Å²) < 4.78 is 12.2. The number of methoxy groups -OCH3 is 1. The molecule has 2 aromatic carbocycles. The molecule has 3 heterocycles. The number of nitro groups is 1. The summed E-state index contributed by atoms with van der Waals surface area (Å²) in [6, 6.07) is 11.7. The van der Waals surface area contributed by atoms with Gasteiger partial charge in [0, 0.05) is 12.1 Å². The summed E-state index contributed by atoms with van der Waals surface area (Å²) >= 11 is 0. The van der Waals surface area contributed by atoms with E-state index in [2.05, 4.69) is 4.90 Å². The SMILES string of the molecule is COc1ccc(-n2c([C@H]3CCCN3C3COC3)nc3ccc([N+](=O)[O-])cc3c2=O)cc1. The summed E-state index contributed by atoms with van der Waals surface area (Å²) in [6.07, 6.45) is 1.90. The molecule has 0 radical (unpaired) electrons. The third kappa shape index (κ3) is 3.35. The molecule has 9 nitrogen and oxygen atoms in total. The minimum absolute atomic E-state index is 0.0247. The Morgan fingerprint density at radius 1 is 1.19 bits per heavy atom. The van der Waals surface area contributed by atoms with E-state index in [0.29, 0.717) is 42.0 Å². The van der Waals surface area contributed by atoms with Crippen molar-refractivity contribution in [3.8, 4) is 11.4 Å². The van der Waals surface area contributed by atoms with Crippen LogP contribution in [-0.4, -0.2) is 52.3 Å². The van der Waals surface area contributed by atoms with Crippen molar-refractivity contribution in [2.75, 3.05) is 26.9 Å². The maximum atomic E-state index is 13.6. The highest BCUT2D eigenvalue weighted by molar-refractivity contribution is 5.80. The van der Waals surface area contributed by atoms with Gasteiger partial charge in [0.05, 0.1) is 53.9 Å². The van der Waals surface area contributed by atoms with E-state index in [0.717, 1.165) is 19.4 Å². The molecule has 0 amide bonds. The number of hydrogen-bond donors (Lipinski definition) is 0. The lowest BCUT2D eigenvalue weighted by atomic mass is 10.1. The van der Waals surface area contributed by atoms with Crippen LogP contribution in [0.2, 0.25) is 0 Å². The smallest absolute Gasteiger partial charge is 0.270 e. The third-order valence-corrected chi connectivity index (χ3v) is 6.10. The Labute approximate surface area is 178 Å². The zero-order valence-electron chi connectivity index (χ0n) is 17.1. The van der Waals surface area contributed by atoms with E-state index < -0.39 is 4.92 Å². The molecule has 0 bridgehead atoms. The highest BCUT2D eigenvalue weighted by Crippen LogP contribution is 2.35. The number of likely N-dealkylation sites (tertiary alicyclic amines) is 1. The minimum atomic E-state index is -0.500. The monoisotopic (exact) mass is 422 g/mol. The molecule has 5 rings (SSSR count). The van der Waals surface area contributed by atoms with Gasteiger partial charge in [0.15, 0.2) is 0 Å². The van der Waals surface area contributed by atoms with E-state index >= 15 is 0 Å². The van der Waals surface area contributed by atoms with Gasteiger partial charge in [-0.2, -0.15) is 0 Å². The van der Waals surface area contributed by atoms with Crippen LogP contribution in [0, 0.1) is 10.1 Å². The second kappa shape index (κ2) is 7.75. The van der Waals surface area contributed by atoms with Crippen LogP contribution < -0.4 is 10.3 Å². The first-order chi connectivity index (χ1) is 15.1. The van der Waals surface area contributed by atoms with E-state index in [9.17, 15) is 14.9 Å². The quantitative estimate of drug-likeness (QED) is 0.460. The summed E-state index contributed by atoms with van der Waals surface area (Å²) in [5.41, 5.74) is 0.672. The number of hydrogen-bond acceptors (Lipinski definition) is 7. The van der Waals surface area contributed by atoms with Gasteiger partial charge >= 0.3 is 0 Å². The summed E-state index contributed by atoms with van der Waals surface area (Å²) in [7, 11) is 1.58. The highest BCUT2D eigenvalue weighted by Gasteiger charge is 2.38. The number of ether oxygens (including phenoxy) is 2. The molecule has 0 unspecified atom stereocenters. The van der Waals surface area contributed by atoms with Crippen molar-refractivity contribution in [3.63, 3.8) is 0 Å². The highest BCUT2D eigenvalue weighted by atomic mass is 16.6. The number of aromatic nitrogens is 2. The molecule has 2 fully saturated rings. The van der Waals surface area contributed by atoms with Crippen LogP contribution in [0.15, 0.2) is 47.3 Å². The fourth-order valence-electron chi connectivity index (χ4n) is 4.43. The molecule has 2 saturated heterocycles. The molecular weight excluding hydrogens is 400 g/mol. The molecule has 3 aromatic rings. The van der Waals surface area contributed by atoms with Crippen molar-refractivity contribution in [1.29, 1.82) is 0 Å². The van der Waals surface area contributed by atoms with Gasteiger partial charge in [-0.15, -0.1) is 0 Å². The molecule has 1 atom stereocenters. The van der Waals surface area contributed by atoms with Gasteiger partial charge in [-0.1, -0.05) is 0 Å². The van der Waals surface area contributed by atoms with Crippen molar-refractivity contribution in [3.05, 3.63) is 68.8 Å². The average Bonchev–Trinajstić information content (AvgIpc) is 3.21. The number of rotatable bonds is 5. The maximum absolute atomic E-state index is 13.6. The fourth-order valence-corrected chi connectivity index (χ4v) is 4.43. The van der Waals surface area contributed by atoms with Crippen molar-refractivity contribution in [2.45, 2.75) is 24.9 Å². The molecule has 2 aliphatic heterocycles. The Morgan fingerprint density at radius 2 is 1.97 bits per heavy atom. The lowest BCUT2D eigenvalue weighted by Gasteiger charge is -2.38. The molecule has 0 spiro atoms. The van der Waals surface area contributed by atoms with Crippen LogP contribution in [0.25, 0.3) is 16.6 Å². The fraction of sp³-hybridized carbons (Fsp3) is 0.364. The zero-order chi connectivity index (χ0) is 21.5. The maximum Gasteiger partial charge on any atom is 0.270 e. The Bertz CT molecular complexity index is 1200. The molecule has 0 saturated carbocycles. The van der Waals surface area contributed by atoms with Crippen LogP contribution in [0.5, 0.6) is 5.75 Å². The van der Waals surface area contributed by atoms with E-state index in [1.165, 1.54) is 12.1 Å². The summed E-state index contributed by atoms with van der Waals surface area (Å²) in [6.45, 7) is 2.29. The van der Waals surface area contributed by atoms with Crippen LogP contribution >= 0.6 is 0 Å². The molecule has 31 heavy (non-hydrogen) atoms. The topological polar surface area (TPSA) is 99.7 Å². The van der Waals surface area contributed by atoms with Crippen molar-refractivity contribution < 1.29 is 14.4 Å². The predicted molar refractivity (Wildman–Crippen MR) is 114 cm³/mol. The molecular formula is C22H22N4O5. The van der Waals surface area contributed by atoms with Crippen LogP contribution in [0.1, 0.15) is 24.7 Å². The van der Waals surface area contributed by atoms with Gasteiger partial charge in [0.2, 0.25) is 0 Å². The molecule has 0 N–H and O–H groups in total. The summed E-state index contributed by atoms with van der Waals surface area (Å²) in [4.78, 5) is 31.6. The average molecular weight is 422 g/mol. The lowest BCUT2D eigenvalue weighted by Crippen LogP contribution is -2.49. The number of fused-ring (bicyclic) bond motifs is 1. The lowest BCUT2D eigenvalue weighted by molar-refractivity contribution is -0.384. The first-order valence-corrected chi connectivity index (χ1v) is 10.3. The van der Waals surface area contributed by atoms with Gasteiger partial charge in [-0.3, -0.25) is 24.4 Å². The Morgan fingerprint density at radius 3 is 2.61 bits per heavy atom. The summed E-state index contributed by atoms with van der Waals surface area (Å²) in [5, 5.41) is 11.5. The summed E-state index contributed by atoms with van der Waals surface area (Å²) in [5.74, 6) is 1.33. The van der Waals surface area contributed by atoms with Gasteiger partial charge in [-0.05, 0) is 49.7 Å². The molecule has 9 heteroatoms. The van der Waals surface area contributed by atoms with Crippen molar-refractivity contribution >= 4 is 16.6 Å². The Kier molecular flexibility index (Phi) is 4.91. The second-order valence-corrected chi connectivity index (χ2v) is 7.85. The Hall–Kier alpha value is -3.30. The normalized spacial score (nSPS) is 19.5. The number of benzene rings is 2. The first-order valence-electron chi connectivity index (χ1n) is 10.3.